The summed E-state index contributed by atoms with van der Waals surface area (Å²) in [6.45, 7) is 0. The van der Waals surface area contributed by atoms with Gasteiger partial charge in [-0.2, -0.15) is 9.40 Å². The zero-order valence-corrected chi connectivity index (χ0v) is 9.66. The van der Waals surface area contributed by atoms with E-state index in [4.69, 9.17) is 5.11 Å². The van der Waals surface area contributed by atoms with E-state index in [1.807, 2.05) is 0 Å². The Labute approximate surface area is 95.9 Å². The summed E-state index contributed by atoms with van der Waals surface area (Å²) in [5.41, 5.74) is 0. The highest BCUT2D eigenvalue weighted by Crippen LogP contribution is 2.27. The molecule has 1 unspecified atom stereocenters. The number of hydrogen-bond donors (Lipinski definition) is 2. The van der Waals surface area contributed by atoms with Crippen LogP contribution in [0.4, 0.5) is 0 Å². The Balaban J connectivity index is 2.34. The van der Waals surface area contributed by atoms with Crippen LogP contribution in [0.1, 0.15) is 0 Å². The van der Waals surface area contributed by atoms with Crippen LogP contribution in [0, 0.1) is 0 Å². The van der Waals surface area contributed by atoms with Gasteiger partial charge in [-0.3, -0.25) is 9.89 Å². The summed E-state index contributed by atoms with van der Waals surface area (Å²) in [7, 11) is -3.78. The molecule has 2 heterocycles. The van der Waals surface area contributed by atoms with Gasteiger partial charge in [-0.05, 0) is 6.07 Å². The van der Waals surface area contributed by atoms with Crippen LogP contribution in [0.25, 0.3) is 0 Å². The summed E-state index contributed by atoms with van der Waals surface area (Å²) in [5, 5.41) is 14.7. The third-order valence-corrected chi connectivity index (χ3v) is 5.15. The molecule has 0 saturated carbocycles. The van der Waals surface area contributed by atoms with Crippen LogP contribution in [0.3, 0.4) is 0 Å². The van der Waals surface area contributed by atoms with Gasteiger partial charge in [0.1, 0.15) is 6.04 Å². The number of H-pyrrole nitrogens is 1. The molecule has 88 valence electrons. The molecule has 2 N–H and O–H groups in total. The van der Waals surface area contributed by atoms with E-state index in [0.717, 1.165) is 4.31 Å². The third-order valence-electron chi connectivity index (χ3n) is 2.19. The lowest BCUT2D eigenvalue weighted by molar-refractivity contribution is -0.140. The molecule has 1 saturated heterocycles. The molecule has 0 bridgehead atoms. The summed E-state index contributed by atoms with van der Waals surface area (Å²) < 4.78 is 24.9. The summed E-state index contributed by atoms with van der Waals surface area (Å²) in [4.78, 5) is 10.9. The minimum absolute atomic E-state index is 0.0822. The van der Waals surface area contributed by atoms with Crippen LogP contribution in [-0.4, -0.2) is 51.7 Å². The number of nitrogens with zero attached hydrogens (tertiary/aromatic N) is 2. The topological polar surface area (TPSA) is 103 Å². The zero-order valence-electron chi connectivity index (χ0n) is 8.03. The number of nitrogens with one attached hydrogen (secondary N) is 1. The number of aromatic nitrogens is 2. The number of rotatable bonds is 3. The Morgan fingerprint density at radius 3 is 3.00 bits per heavy atom. The molecule has 0 radical (unpaired) electrons. The van der Waals surface area contributed by atoms with Gasteiger partial charge in [-0.1, -0.05) is 0 Å². The standard InChI is InChI=1S/C7H9N3O4S2/c11-7(12)5-3-15-4-10(5)16(13,14)6-1-2-8-9-6/h1-2,5H,3-4H2,(H,8,9)(H,11,12). The minimum Gasteiger partial charge on any atom is -0.480 e. The molecule has 1 aliphatic heterocycles. The maximum atomic E-state index is 12.0. The number of carboxylic acid groups (broad SMARTS) is 1. The van der Waals surface area contributed by atoms with Gasteiger partial charge in [-0.15, -0.1) is 11.8 Å². The number of sulfonamides is 1. The van der Waals surface area contributed by atoms with E-state index in [2.05, 4.69) is 10.2 Å². The number of thioether (sulfide) groups is 1. The molecule has 1 aromatic heterocycles. The largest absolute Gasteiger partial charge is 0.480 e. The average molecular weight is 263 g/mol. The molecule has 1 atom stereocenters. The maximum absolute atomic E-state index is 12.0. The van der Waals surface area contributed by atoms with E-state index in [1.165, 1.54) is 24.0 Å². The van der Waals surface area contributed by atoms with Crippen molar-refractivity contribution in [2.75, 3.05) is 11.6 Å². The second-order valence-electron chi connectivity index (χ2n) is 3.17. The highest BCUT2D eigenvalue weighted by atomic mass is 32.2. The molecular weight excluding hydrogens is 254 g/mol. The number of hydrogen-bond acceptors (Lipinski definition) is 5. The highest BCUT2D eigenvalue weighted by Gasteiger charge is 2.40. The Kier molecular flexibility index (Phi) is 2.91. The molecule has 16 heavy (non-hydrogen) atoms. The molecular formula is C7H9N3O4S2. The first-order valence-corrected chi connectivity index (χ1v) is 6.95. The number of aliphatic carboxylic acids is 1. The molecule has 1 aromatic rings. The van der Waals surface area contributed by atoms with Gasteiger partial charge in [0.25, 0.3) is 10.0 Å². The summed E-state index contributed by atoms with van der Waals surface area (Å²) >= 11 is 1.27. The highest BCUT2D eigenvalue weighted by molar-refractivity contribution is 8.00. The van der Waals surface area contributed by atoms with Crippen LogP contribution in [0.2, 0.25) is 0 Å². The van der Waals surface area contributed by atoms with E-state index in [-0.39, 0.29) is 16.7 Å². The van der Waals surface area contributed by atoms with Gasteiger partial charge in [-0.25, -0.2) is 8.42 Å². The summed E-state index contributed by atoms with van der Waals surface area (Å²) in [6, 6.07) is 0.301. The predicted octanol–water partition coefficient (Wildman–Crippen LogP) is -0.442. The van der Waals surface area contributed by atoms with Gasteiger partial charge < -0.3 is 5.11 Å². The monoisotopic (exact) mass is 263 g/mol. The molecule has 9 heteroatoms. The molecule has 7 nitrogen and oxygen atoms in total. The second-order valence-corrected chi connectivity index (χ2v) is 6.03. The van der Waals surface area contributed by atoms with E-state index < -0.39 is 22.0 Å². The fourth-order valence-electron chi connectivity index (χ4n) is 1.37. The molecule has 0 aliphatic carbocycles. The van der Waals surface area contributed by atoms with E-state index >= 15 is 0 Å². The van der Waals surface area contributed by atoms with Crippen molar-refractivity contribution in [1.82, 2.24) is 14.5 Å². The first-order chi connectivity index (χ1) is 7.53. The molecule has 0 aromatic carbocycles. The lowest BCUT2D eigenvalue weighted by Crippen LogP contribution is -2.41. The van der Waals surface area contributed by atoms with Crippen molar-refractivity contribution < 1.29 is 18.3 Å². The van der Waals surface area contributed by atoms with Crippen LogP contribution >= 0.6 is 11.8 Å². The lowest BCUT2D eigenvalue weighted by atomic mass is 10.4. The second kappa shape index (κ2) is 4.07. The van der Waals surface area contributed by atoms with Crippen molar-refractivity contribution in [3.05, 3.63) is 12.3 Å². The van der Waals surface area contributed by atoms with Crippen LogP contribution in [0.5, 0.6) is 0 Å². The fraction of sp³-hybridized carbons (Fsp3) is 0.429. The Morgan fingerprint density at radius 2 is 2.44 bits per heavy atom. The van der Waals surface area contributed by atoms with Crippen LogP contribution in [0.15, 0.2) is 17.3 Å². The number of carbonyl (C=O) groups is 1. The molecule has 1 fully saturated rings. The van der Waals surface area contributed by atoms with E-state index in [9.17, 15) is 13.2 Å². The Bertz CT molecular complexity index is 484. The first-order valence-electron chi connectivity index (χ1n) is 4.35. The number of carboxylic acids is 1. The van der Waals surface area contributed by atoms with Gasteiger partial charge >= 0.3 is 5.97 Å². The normalized spacial score (nSPS) is 22.4. The van der Waals surface area contributed by atoms with Crippen LogP contribution < -0.4 is 0 Å². The quantitative estimate of drug-likeness (QED) is 0.766. The molecule has 0 spiro atoms. The van der Waals surface area contributed by atoms with Gasteiger partial charge in [0.2, 0.25) is 0 Å². The van der Waals surface area contributed by atoms with E-state index in [0.29, 0.717) is 0 Å². The van der Waals surface area contributed by atoms with E-state index in [1.54, 1.807) is 0 Å². The minimum atomic E-state index is -3.78. The van der Waals surface area contributed by atoms with Gasteiger partial charge in [0.15, 0.2) is 5.03 Å². The van der Waals surface area contributed by atoms with Gasteiger partial charge in [0, 0.05) is 5.75 Å². The predicted molar refractivity (Wildman–Crippen MR) is 56.4 cm³/mol. The van der Waals surface area contributed by atoms with Crippen molar-refractivity contribution in [3.63, 3.8) is 0 Å². The smallest absolute Gasteiger partial charge is 0.322 e. The van der Waals surface area contributed by atoms with Crippen molar-refractivity contribution in [1.29, 1.82) is 0 Å². The van der Waals surface area contributed by atoms with Crippen molar-refractivity contribution >= 4 is 27.8 Å². The first kappa shape index (κ1) is 11.4. The SMILES string of the molecule is O=C(O)C1CSCN1S(=O)(=O)c1ccn[nH]1. The zero-order chi connectivity index (χ0) is 11.8. The Morgan fingerprint density at radius 1 is 1.69 bits per heavy atom. The number of aromatic amines is 1. The fourth-order valence-corrected chi connectivity index (χ4v) is 4.41. The lowest BCUT2D eigenvalue weighted by Gasteiger charge is -2.18. The van der Waals surface area contributed by atoms with Gasteiger partial charge in [0.05, 0.1) is 12.1 Å². The summed E-state index contributed by atoms with van der Waals surface area (Å²) in [5.74, 6) is -0.714. The van der Waals surface area contributed by atoms with Crippen molar-refractivity contribution in [2.45, 2.75) is 11.1 Å². The molecule has 1 aliphatic rings. The average Bonchev–Trinajstić information content (AvgIpc) is 2.89. The molecule has 2 rings (SSSR count). The third kappa shape index (κ3) is 1.81. The maximum Gasteiger partial charge on any atom is 0.322 e. The van der Waals surface area contributed by atoms with Crippen molar-refractivity contribution in [2.24, 2.45) is 0 Å². The van der Waals surface area contributed by atoms with Crippen molar-refractivity contribution in [3.8, 4) is 0 Å². The molecule has 0 amide bonds. The van der Waals surface area contributed by atoms with Crippen LogP contribution in [-0.2, 0) is 14.8 Å². The Hall–Kier alpha value is -1.06. The summed E-state index contributed by atoms with van der Waals surface area (Å²) in [6.07, 6.45) is 1.31.